The molecule has 2 unspecified atom stereocenters. The fraction of sp³-hybridized carbons (Fsp3) is 0.750. The summed E-state index contributed by atoms with van der Waals surface area (Å²) < 4.78 is 23.5. The second-order valence-corrected chi connectivity index (χ2v) is 2.59. The van der Waals surface area contributed by atoms with Crippen molar-refractivity contribution >= 4 is 17.3 Å². The van der Waals surface area contributed by atoms with Crippen LogP contribution in [0.25, 0.3) is 0 Å². The smallest absolute Gasteiger partial charge is 0.192 e. The third-order valence-electron chi connectivity index (χ3n) is 0.928. The van der Waals surface area contributed by atoms with E-state index >= 15 is 0 Å². The van der Waals surface area contributed by atoms with Crippen LogP contribution in [0.15, 0.2) is 4.99 Å². The van der Waals surface area contributed by atoms with Crippen molar-refractivity contribution in [3.05, 3.63) is 0 Å². The molecule has 5 heteroatoms. The monoisotopic (exact) mass is 149 g/mol. The van der Waals surface area contributed by atoms with E-state index in [1.54, 1.807) is 0 Å². The van der Waals surface area contributed by atoms with E-state index in [1.807, 2.05) is 0 Å². The van der Waals surface area contributed by atoms with E-state index in [0.29, 0.717) is 13.2 Å². The SMILES string of the molecule is O=S(O)C1C=NCCO1. The standard InChI is InChI=1S/C4H7NO3S/c6-9(7)4-3-5-1-2-8-4/h3-4H,1-2H2,(H,6,7). The van der Waals surface area contributed by atoms with Crippen LogP contribution in [-0.2, 0) is 15.8 Å². The number of rotatable bonds is 1. The fourth-order valence-electron chi connectivity index (χ4n) is 0.535. The van der Waals surface area contributed by atoms with Gasteiger partial charge in [-0.05, 0) is 0 Å². The first-order chi connectivity index (χ1) is 4.30. The van der Waals surface area contributed by atoms with Crippen LogP contribution in [0.4, 0.5) is 0 Å². The number of hydrogen-bond acceptors (Lipinski definition) is 3. The summed E-state index contributed by atoms with van der Waals surface area (Å²) in [6.45, 7) is 1.03. The van der Waals surface area contributed by atoms with Gasteiger partial charge in [0.25, 0.3) is 0 Å². The van der Waals surface area contributed by atoms with Crippen molar-refractivity contribution in [2.24, 2.45) is 4.99 Å². The summed E-state index contributed by atoms with van der Waals surface area (Å²) in [5, 5.41) is 0. The average molecular weight is 149 g/mol. The lowest BCUT2D eigenvalue weighted by Gasteiger charge is -2.11. The summed E-state index contributed by atoms with van der Waals surface area (Å²) in [6.07, 6.45) is 1.36. The highest BCUT2D eigenvalue weighted by atomic mass is 32.2. The molecule has 0 aromatic carbocycles. The molecule has 0 amide bonds. The minimum atomic E-state index is -1.92. The zero-order valence-corrected chi connectivity index (χ0v) is 5.50. The zero-order chi connectivity index (χ0) is 6.69. The number of aliphatic imine (C=N–C) groups is 1. The molecule has 0 saturated heterocycles. The van der Waals surface area contributed by atoms with Crippen molar-refractivity contribution in [2.75, 3.05) is 13.2 Å². The van der Waals surface area contributed by atoms with Crippen LogP contribution >= 0.6 is 0 Å². The van der Waals surface area contributed by atoms with Crippen molar-refractivity contribution in [2.45, 2.75) is 5.44 Å². The summed E-state index contributed by atoms with van der Waals surface area (Å²) >= 11 is -1.92. The average Bonchev–Trinajstić information content (AvgIpc) is 1.90. The van der Waals surface area contributed by atoms with Crippen molar-refractivity contribution < 1.29 is 13.5 Å². The largest absolute Gasteiger partial charge is 0.355 e. The third-order valence-corrected chi connectivity index (χ3v) is 1.58. The van der Waals surface area contributed by atoms with E-state index in [9.17, 15) is 4.21 Å². The lowest BCUT2D eigenvalue weighted by atomic mass is 10.6. The minimum Gasteiger partial charge on any atom is -0.355 e. The summed E-state index contributed by atoms with van der Waals surface area (Å²) in [4.78, 5) is 3.78. The highest BCUT2D eigenvalue weighted by Gasteiger charge is 2.14. The maximum atomic E-state index is 10.2. The molecule has 52 valence electrons. The Morgan fingerprint density at radius 1 is 1.89 bits per heavy atom. The van der Waals surface area contributed by atoms with Gasteiger partial charge in [0.15, 0.2) is 16.5 Å². The topological polar surface area (TPSA) is 58.9 Å². The van der Waals surface area contributed by atoms with E-state index in [-0.39, 0.29) is 0 Å². The van der Waals surface area contributed by atoms with Gasteiger partial charge in [-0.2, -0.15) is 0 Å². The molecule has 1 aliphatic rings. The molecule has 0 aromatic heterocycles. The lowest BCUT2D eigenvalue weighted by Crippen LogP contribution is -2.25. The van der Waals surface area contributed by atoms with E-state index in [0.717, 1.165) is 0 Å². The quantitative estimate of drug-likeness (QED) is 0.518. The minimum absolute atomic E-state index is 0.438. The van der Waals surface area contributed by atoms with Crippen molar-refractivity contribution in [3.8, 4) is 0 Å². The van der Waals surface area contributed by atoms with Gasteiger partial charge in [-0.25, -0.2) is 4.21 Å². The van der Waals surface area contributed by atoms with Gasteiger partial charge >= 0.3 is 0 Å². The van der Waals surface area contributed by atoms with Gasteiger partial charge in [-0.1, -0.05) is 0 Å². The first-order valence-corrected chi connectivity index (χ1v) is 3.69. The Bertz CT molecular complexity index is 147. The Hall–Kier alpha value is -0.260. The molecule has 0 bridgehead atoms. The Balaban J connectivity index is 2.50. The second-order valence-electron chi connectivity index (χ2n) is 1.57. The normalized spacial score (nSPS) is 30.1. The molecule has 1 N–H and O–H groups in total. The first-order valence-electron chi connectivity index (χ1n) is 2.52. The molecule has 1 heterocycles. The van der Waals surface area contributed by atoms with Gasteiger partial charge in [0.05, 0.1) is 13.2 Å². The molecule has 4 nitrogen and oxygen atoms in total. The Morgan fingerprint density at radius 2 is 2.67 bits per heavy atom. The van der Waals surface area contributed by atoms with Gasteiger partial charge in [0.1, 0.15) is 0 Å². The van der Waals surface area contributed by atoms with Gasteiger partial charge in [0.2, 0.25) is 0 Å². The third kappa shape index (κ3) is 1.85. The fourth-order valence-corrected chi connectivity index (χ4v) is 0.938. The van der Waals surface area contributed by atoms with E-state index < -0.39 is 16.5 Å². The van der Waals surface area contributed by atoms with Crippen LogP contribution < -0.4 is 0 Å². The number of ether oxygens (including phenoxy) is 1. The van der Waals surface area contributed by atoms with Crippen LogP contribution in [0.1, 0.15) is 0 Å². The van der Waals surface area contributed by atoms with Crippen LogP contribution in [0, 0.1) is 0 Å². The molecule has 0 aliphatic carbocycles. The van der Waals surface area contributed by atoms with E-state index in [4.69, 9.17) is 9.29 Å². The van der Waals surface area contributed by atoms with Gasteiger partial charge in [-0.15, -0.1) is 0 Å². The molecule has 0 fully saturated rings. The summed E-state index contributed by atoms with van der Waals surface area (Å²) in [5.74, 6) is 0. The number of nitrogens with zero attached hydrogens (tertiary/aromatic N) is 1. The summed E-state index contributed by atoms with van der Waals surface area (Å²) in [7, 11) is 0. The summed E-state index contributed by atoms with van der Waals surface area (Å²) in [6, 6.07) is 0. The Labute approximate surface area is 55.2 Å². The molecule has 1 aliphatic heterocycles. The Kier molecular flexibility index (Phi) is 2.32. The molecule has 0 aromatic rings. The van der Waals surface area contributed by atoms with Crippen molar-refractivity contribution in [3.63, 3.8) is 0 Å². The van der Waals surface area contributed by atoms with Gasteiger partial charge < -0.3 is 9.29 Å². The maximum Gasteiger partial charge on any atom is 0.192 e. The predicted molar refractivity (Wildman–Crippen MR) is 33.9 cm³/mol. The second kappa shape index (κ2) is 3.05. The van der Waals surface area contributed by atoms with E-state index in [1.165, 1.54) is 6.21 Å². The Morgan fingerprint density at radius 3 is 3.00 bits per heavy atom. The highest BCUT2D eigenvalue weighted by Crippen LogP contribution is 1.97. The predicted octanol–water partition coefficient (Wildman–Crippen LogP) is -0.365. The van der Waals surface area contributed by atoms with Crippen LogP contribution in [-0.4, -0.2) is 33.6 Å². The molecular formula is C4H7NO3S. The maximum absolute atomic E-state index is 10.2. The molecule has 0 spiro atoms. The number of hydrogen-bond donors (Lipinski definition) is 1. The van der Waals surface area contributed by atoms with Crippen LogP contribution in [0.3, 0.4) is 0 Å². The molecule has 2 atom stereocenters. The highest BCUT2D eigenvalue weighted by molar-refractivity contribution is 7.80. The van der Waals surface area contributed by atoms with Crippen LogP contribution in [0.5, 0.6) is 0 Å². The molecule has 0 radical (unpaired) electrons. The van der Waals surface area contributed by atoms with E-state index in [2.05, 4.69) is 4.99 Å². The zero-order valence-electron chi connectivity index (χ0n) is 4.69. The van der Waals surface area contributed by atoms with Crippen molar-refractivity contribution in [1.82, 2.24) is 0 Å². The van der Waals surface area contributed by atoms with Crippen molar-refractivity contribution in [1.29, 1.82) is 0 Å². The summed E-state index contributed by atoms with van der Waals surface area (Å²) in [5.41, 5.74) is -0.709. The van der Waals surface area contributed by atoms with Gasteiger partial charge in [0, 0.05) is 6.21 Å². The molecule has 9 heavy (non-hydrogen) atoms. The molecule has 0 saturated carbocycles. The van der Waals surface area contributed by atoms with Crippen LogP contribution in [0.2, 0.25) is 0 Å². The lowest BCUT2D eigenvalue weighted by molar-refractivity contribution is 0.144. The first kappa shape index (κ1) is 6.85. The molecular weight excluding hydrogens is 142 g/mol. The van der Waals surface area contributed by atoms with Gasteiger partial charge in [-0.3, -0.25) is 4.99 Å². The molecule has 1 rings (SSSR count).